The van der Waals surface area contributed by atoms with E-state index in [0.717, 1.165) is 27.8 Å². The Hall–Kier alpha value is -1.77. The molecule has 0 saturated carbocycles. The molecule has 0 aliphatic carbocycles. The van der Waals surface area contributed by atoms with Gasteiger partial charge in [-0.05, 0) is 30.7 Å². The number of hydrogen-bond acceptors (Lipinski definition) is 7. The van der Waals surface area contributed by atoms with Crippen LogP contribution in [0.4, 0.5) is 5.13 Å². The molecule has 118 valence electrons. The van der Waals surface area contributed by atoms with Crippen LogP contribution in [-0.2, 0) is 12.2 Å². The van der Waals surface area contributed by atoms with Gasteiger partial charge in [-0.3, -0.25) is 10.1 Å². The van der Waals surface area contributed by atoms with E-state index in [0.29, 0.717) is 10.7 Å². The first-order valence-corrected chi connectivity index (χ1v) is 9.72. The number of thiazole rings is 1. The summed E-state index contributed by atoms with van der Waals surface area (Å²) in [7, 11) is 0. The third-order valence-corrected chi connectivity index (χ3v) is 5.64. The molecule has 1 N–H and O–H groups in total. The Morgan fingerprint density at radius 2 is 2.09 bits per heavy atom. The number of thioether (sulfide) groups is 1. The fraction of sp³-hybridized carbons (Fsp3) is 0.200. The topological polar surface area (TPSA) is 67.8 Å². The van der Waals surface area contributed by atoms with Gasteiger partial charge in [0.25, 0.3) is 5.91 Å². The van der Waals surface area contributed by atoms with Crippen molar-refractivity contribution in [3.8, 4) is 0 Å². The first-order valence-electron chi connectivity index (χ1n) is 6.98. The van der Waals surface area contributed by atoms with Gasteiger partial charge in [0.1, 0.15) is 5.01 Å². The normalized spacial score (nSPS) is 10.7. The van der Waals surface area contributed by atoms with E-state index < -0.39 is 0 Å². The van der Waals surface area contributed by atoms with Crippen molar-refractivity contribution in [1.82, 2.24) is 15.2 Å². The van der Waals surface area contributed by atoms with Crippen molar-refractivity contribution >= 4 is 45.5 Å². The highest BCUT2D eigenvalue weighted by Crippen LogP contribution is 2.23. The minimum Gasteiger partial charge on any atom is -0.296 e. The third-order valence-electron chi connectivity index (χ3n) is 2.98. The summed E-state index contributed by atoms with van der Waals surface area (Å²) in [6.45, 7) is 2.01. The van der Waals surface area contributed by atoms with Gasteiger partial charge in [0.05, 0.1) is 11.2 Å². The van der Waals surface area contributed by atoms with Crippen LogP contribution in [0.3, 0.4) is 0 Å². The second-order valence-corrected chi connectivity index (χ2v) is 7.43. The summed E-state index contributed by atoms with van der Waals surface area (Å²) in [4.78, 5) is 17.5. The zero-order chi connectivity index (χ0) is 16.1. The Balaban J connectivity index is 1.58. The van der Waals surface area contributed by atoms with E-state index in [1.165, 1.54) is 11.3 Å². The minimum absolute atomic E-state index is 0.167. The van der Waals surface area contributed by atoms with E-state index in [-0.39, 0.29) is 5.91 Å². The summed E-state index contributed by atoms with van der Waals surface area (Å²) in [5.74, 6) is 0.666. The Kier molecular flexibility index (Phi) is 5.37. The molecule has 8 heteroatoms. The third kappa shape index (κ3) is 4.37. The molecule has 2 heterocycles. The Morgan fingerprint density at radius 1 is 1.26 bits per heavy atom. The van der Waals surface area contributed by atoms with Gasteiger partial charge in [0.2, 0.25) is 5.13 Å². The van der Waals surface area contributed by atoms with Gasteiger partial charge >= 0.3 is 0 Å². The number of amides is 1. The largest absolute Gasteiger partial charge is 0.296 e. The average molecular weight is 363 g/mol. The molecular weight excluding hydrogens is 348 g/mol. The Labute approximate surface area is 146 Å². The molecule has 1 amide bonds. The van der Waals surface area contributed by atoms with Crippen LogP contribution in [0.25, 0.3) is 0 Å². The lowest BCUT2D eigenvalue weighted by Crippen LogP contribution is -2.11. The molecule has 3 rings (SSSR count). The molecule has 0 aliphatic rings. The minimum atomic E-state index is -0.167. The van der Waals surface area contributed by atoms with E-state index in [4.69, 9.17) is 0 Å². The lowest BCUT2D eigenvalue weighted by Gasteiger charge is -2.03. The maximum atomic E-state index is 12.2. The standard InChI is InChI=1S/C15H14N4OS3/c1-2-13-18-19-15(23-13)17-14(20)10-3-5-12(6-4-10)22-8-11-7-21-9-16-11/h3-7,9H,2,8H2,1H3,(H,17,19,20). The second-order valence-electron chi connectivity index (χ2n) is 4.60. The summed E-state index contributed by atoms with van der Waals surface area (Å²) >= 11 is 4.70. The Bertz CT molecular complexity index is 768. The van der Waals surface area contributed by atoms with Crippen LogP contribution < -0.4 is 5.32 Å². The maximum absolute atomic E-state index is 12.2. The van der Waals surface area contributed by atoms with Crippen molar-refractivity contribution in [3.63, 3.8) is 0 Å². The molecule has 0 radical (unpaired) electrons. The lowest BCUT2D eigenvalue weighted by atomic mass is 10.2. The molecule has 3 aromatic rings. The molecule has 0 spiro atoms. The predicted molar refractivity (Wildman–Crippen MR) is 95.4 cm³/mol. The van der Waals surface area contributed by atoms with E-state index in [1.54, 1.807) is 23.1 Å². The van der Waals surface area contributed by atoms with Gasteiger partial charge in [-0.2, -0.15) is 0 Å². The van der Waals surface area contributed by atoms with Crippen LogP contribution in [0.5, 0.6) is 0 Å². The van der Waals surface area contributed by atoms with Crippen LogP contribution >= 0.6 is 34.4 Å². The highest BCUT2D eigenvalue weighted by atomic mass is 32.2. The number of hydrogen-bond donors (Lipinski definition) is 1. The van der Waals surface area contributed by atoms with Crippen LogP contribution in [0, 0.1) is 0 Å². The molecule has 0 atom stereocenters. The Morgan fingerprint density at radius 3 is 2.74 bits per heavy atom. The number of aromatic nitrogens is 3. The SMILES string of the molecule is CCc1nnc(NC(=O)c2ccc(SCc3cscn3)cc2)s1. The first-order chi connectivity index (χ1) is 11.2. The molecule has 5 nitrogen and oxygen atoms in total. The van der Waals surface area contributed by atoms with Gasteiger partial charge in [-0.1, -0.05) is 18.3 Å². The number of carbonyl (C=O) groups excluding carboxylic acids is 1. The van der Waals surface area contributed by atoms with Gasteiger partial charge in [-0.25, -0.2) is 4.98 Å². The van der Waals surface area contributed by atoms with Crippen molar-refractivity contribution in [2.75, 3.05) is 5.32 Å². The number of aryl methyl sites for hydroxylation is 1. The van der Waals surface area contributed by atoms with Crippen LogP contribution in [0.2, 0.25) is 0 Å². The van der Waals surface area contributed by atoms with Gasteiger partial charge < -0.3 is 0 Å². The molecule has 0 saturated heterocycles. The number of nitrogens with one attached hydrogen (secondary N) is 1. The number of anilines is 1. The van der Waals surface area contributed by atoms with Crippen molar-refractivity contribution in [2.24, 2.45) is 0 Å². The fourth-order valence-electron chi connectivity index (χ4n) is 1.78. The fourth-order valence-corrected chi connectivity index (χ4v) is 3.92. The van der Waals surface area contributed by atoms with E-state index in [1.807, 2.05) is 42.1 Å². The maximum Gasteiger partial charge on any atom is 0.257 e. The van der Waals surface area contributed by atoms with Crippen molar-refractivity contribution in [2.45, 2.75) is 24.0 Å². The highest BCUT2D eigenvalue weighted by molar-refractivity contribution is 7.98. The number of rotatable bonds is 6. The zero-order valence-corrected chi connectivity index (χ0v) is 14.8. The smallest absolute Gasteiger partial charge is 0.257 e. The summed E-state index contributed by atoms with van der Waals surface area (Å²) < 4.78 is 0. The molecule has 2 aromatic heterocycles. The summed E-state index contributed by atoms with van der Waals surface area (Å²) in [6.07, 6.45) is 0.818. The van der Waals surface area contributed by atoms with Crippen LogP contribution in [0.15, 0.2) is 40.1 Å². The van der Waals surface area contributed by atoms with Gasteiger partial charge in [0, 0.05) is 21.6 Å². The van der Waals surface area contributed by atoms with Gasteiger partial charge in [0.15, 0.2) is 0 Å². The lowest BCUT2D eigenvalue weighted by molar-refractivity contribution is 0.102. The summed E-state index contributed by atoms with van der Waals surface area (Å²) in [5, 5.41) is 14.2. The first kappa shape index (κ1) is 16.1. The number of benzene rings is 1. The zero-order valence-electron chi connectivity index (χ0n) is 12.4. The van der Waals surface area contributed by atoms with E-state index >= 15 is 0 Å². The number of carbonyl (C=O) groups is 1. The van der Waals surface area contributed by atoms with Gasteiger partial charge in [-0.15, -0.1) is 33.3 Å². The van der Waals surface area contributed by atoms with Crippen molar-refractivity contribution < 1.29 is 4.79 Å². The molecule has 0 aliphatic heterocycles. The highest BCUT2D eigenvalue weighted by Gasteiger charge is 2.10. The van der Waals surface area contributed by atoms with E-state index in [9.17, 15) is 4.79 Å². The van der Waals surface area contributed by atoms with Crippen molar-refractivity contribution in [3.05, 3.63) is 51.4 Å². The molecule has 0 bridgehead atoms. The average Bonchev–Trinajstić information content (AvgIpc) is 3.25. The monoisotopic (exact) mass is 362 g/mol. The summed E-state index contributed by atoms with van der Waals surface area (Å²) in [5.41, 5.74) is 3.52. The summed E-state index contributed by atoms with van der Waals surface area (Å²) in [6, 6.07) is 7.54. The molecule has 23 heavy (non-hydrogen) atoms. The molecule has 1 aromatic carbocycles. The molecule has 0 fully saturated rings. The van der Waals surface area contributed by atoms with Crippen LogP contribution in [0.1, 0.15) is 28.0 Å². The van der Waals surface area contributed by atoms with Crippen molar-refractivity contribution in [1.29, 1.82) is 0 Å². The quantitative estimate of drug-likeness (QED) is 0.669. The van der Waals surface area contributed by atoms with E-state index in [2.05, 4.69) is 20.5 Å². The predicted octanol–water partition coefficient (Wildman–Crippen LogP) is 4.10. The molecule has 0 unspecified atom stereocenters. The second kappa shape index (κ2) is 7.67. The molecular formula is C15H14N4OS3. The number of nitrogens with zero attached hydrogens (tertiary/aromatic N) is 3. The van der Waals surface area contributed by atoms with Crippen LogP contribution in [-0.4, -0.2) is 21.1 Å².